The van der Waals surface area contributed by atoms with Gasteiger partial charge in [-0.1, -0.05) is 0 Å². The first-order valence-corrected chi connectivity index (χ1v) is 10.6. The van der Waals surface area contributed by atoms with Crippen LogP contribution in [0.2, 0.25) is 0 Å². The van der Waals surface area contributed by atoms with Gasteiger partial charge in [0.2, 0.25) is 23.6 Å². The lowest BCUT2D eigenvalue weighted by molar-refractivity contribution is -0.129. The van der Waals surface area contributed by atoms with Crippen LogP contribution in [0.1, 0.15) is 39.0 Å². The first-order chi connectivity index (χ1) is 14.7. The zero-order valence-corrected chi connectivity index (χ0v) is 18.1. The van der Waals surface area contributed by atoms with Crippen LogP contribution in [0, 0.1) is 0 Å². The third-order valence-corrected chi connectivity index (χ3v) is 5.22. The first kappa shape index (κ1) is 26.8. The normalized spacial score (nSPS) is 29.0. The highest BCUT2D eigenvalue weighted by Crippen LogP contribution is 2.04. The van der Waals surface area contributed by atoms with Crippen molar-refractivity contribution >= 4 is 23.6 Å². The van der Waals surface area contributed by atoms with Crippen LogP contribution < -0.4 is 32.3 Å². The Morgan fingerprint density at radius 2 is 1.90 bits per heavy atom. The van der Waals surface area contributed by atoms with Gasteiger partial charge in [0.25, 0.3) is 0 Å². The topological polar surface area (TPSA) is 195 Å². The highest BCUT2D eigenvalue weighted by atomic mass is 16.3. The number of carbonyl (C=O) groups is 4. The highest BCUT2D eigenvalue weighted by molar-refractivity contribution is 5.89. The van der Waals surface area contributed by atoms with Gasteiger partial charge in [0, 0.05) is 19.5 Å². The molecular formula is C19H36N6O6. The van der Waals surface area contributed by atoms with Crippen LogP contribution in [0.5, 0.6) is 0 Å². The summed E-state index contributed by atoms with van der Waals surface area (Å²) in [6.45, 7) is 1.31. The molecule has 1 aliphatic heterocycles. The van der Waals surface area contributed by atoms with Gasteiger partial charge in [0.1, 0.15) is 12.1 Å². The van der Waals surface area contributed by atoms with E-state index in [1.807, 2.05) is 0 Å². The quantitative estimate of drug-likeness (QED) is 0.218. The van der Waals surface area contributed by atoms with Crippen molar-refractivity contribution in [1.82, 2.24) is 26.6 Å². The van der Waals surface area contributed by atoms with E-state index < -0.39 is 54.6 Å². The van der Waals surface area contributed by atoms with Crippen LogP contribution in [-0.2, 0) is 19.2 Å². The van der Waals surface area contributed by atoms with Gasteiger partial charge in [0.05, 0.1) is 24.8 Å². The summed E-state index contributed by atoms with van der Waals surface area (Å²) in [7, 11) is 1.60. The van der Waals surface area contributed by atoms with Crippen LogP contribution in [0.4, 0.5) is 0 Å². The van der Waals surface area contributed by atoms with Crippen molar-refractivity contribution in [3.05, 3.63) is 0 Å². The van der Waals surface area contributed by atoms with E-state index in [1.165, 1.54) is 6.92 Å². The summed E-state index contributed by atoms with van der Waals surface area (Å²) >= 11 is 0. The minimum absolute atomic E-state index is 0.0137. The van der Waals surface area contributed by atoms with Crippen LogP contribution in [0.15, 0.2) is 0 Å². The number of hydrogen-bond donors (Lipinski definition) is 8. The van der Waals surface area contributed by atoms with Gasteiger partial charge in [-0.2, -0.15) is 0 Å². The van der Waals surface area contributed by atoms with E-state index in [2.05, 4.69) is 26.6 Å². The second-order valence-corrected chi connectivity index (χ2v) is 7.69. The van der Waals surface area contributed by atoms with Crippen LogP contribution in [0.3, 0.4) is 0 Å². The molecular weight excluding hydrogens is 408 g/mol. The number of likely N-dealkylation sites (N-methyl/N-ethyl adjacent to an activating group) is 1. The molecule has 12 heteroatoms. The van der Waals surface area contributed by atoms with Crippen molar-refractivity contribution in [2.45, 2.75) is 69.3 Å². The predicted molar refractivity (Wildman–Crippen MR) is 113 cm³/mol. The number of rotatable bonds is 4. The lowest BCUT2D eigenvalue weighted by Gasteiger charge is -2.27. The zero-order valence-electron chi connectivity index (χ0n) is 18.1. The maximum absolute atomic E-state index is 12.6. The molecule has 5 unspecified atom stereocenters. The molecule has 0 saturated carbocycles. The Morgan fingerprint density at radius 3 is 2.48 bits per heavy atom. The molecule has 178 valence electrons. The van der Waals surface area contributed by atoms with Crippen molar-refractivity contribution in [2.24, 2.45) is 5.73 Å². The second kappa shape index (κ2) is 13.9. The highest BCUT2D eigenvalue weighted by Gasteiger charge is 2.27. The molecule has 1 heterocycles. The molecule has 1 rings (SSSR count). The van der Waals surface area contributed by atoms with E-state index in [1.54, 1.807) is 7.05 Å². The van der Waals surface area contributed by atoms with E-state index in [9.17, 15) is 29.4 Å². The monoisotopic (exact) mass is 444 g/mol. The van der Waals surface area contributed by atoms with Crippen LogP contribution >= 0.6 is 0 Å². The van der Waals surface area contributed by atoms with Gasteiger partial charge < -0.3 is 42.5 Å². The van der Waals surface area contributed by atoms with Gasteiger partial charge in [0.15, 0.2) is 0 Å². The molecule has 4 amide bonds. The lowest BCUT2D eigenvalue weighted by Crippen LogP contribution is -2.58. The molecule has 0 radical (unpaired) electrons. The fourth-order valence-corrected chi connectivity index (χ4v) is 3.16. The van der Waals surface area contributed by atoms with E-state index in [0.29, 0.717) is 25.8 Å². The number of amides is 4. The van der Waals surface area contributed by atoms with E-state index in [0.717, 1.165) is 0 Å². The number of nitrogens with two attached hydrogens (primary N) is 1. The largest absolute Gasteiger partial charge is 0.394 e. The van der Waals surface area contributed by atoms with Gasteiger partial charge in [-0.25, -0.2) is 0 Å². The van der Waals surface area contributed by atoms with Crippen molar-refractivity contribution in [3.63, 3.8) is 0 Å². The average molecular weight is 445 g/mol. The van der Waals surface area contributed by atoms with Crippen molar-refractivity contribution < 1.29 is 29.4 Å². The summed E-state index contributed by atoms with van der Waals surface area (Å²) in [5, 5.41) is 33.2. The van der Waals surface area contributed by atoms with Crippen LogP contribution in [0.25, 0.3) is 0 Å². The number of primary amides is 1. The van der Waals surface area contributed by atoms with Gasteiger partial charge in [-0.05, 0) is 39.7 Å². The minimum Gasteiger partial charge on any atom is -0.394 e. The average Bonchev–Trinajstić information content (AvgIpc) is 2.71. The Kier molecular flexibility index (Phi) is 12.0. The standard InChI is InChI=1S/C19H36N6O6/c1-11(27)14-9-23-15(10-26)19(31)24-12(17(20)29)5-3-4-8-22-16(28)7-6-13(21-2)18(30)25-14/h11-15,21,23,26-27H,3-10H2,1-2H3,(H2,20,29)(H,22,28)(H,24,31)(H,25,30). The second-order valence-electron chi connectivity index (χ2n) is 7.69. The van der Waals surface area contributed by atoms with Crippen molar-refractivity contribution in [2.75, 3.05) is 26.7 Å². The Labute approximate surface area is 182 Å². The summed E-state index contributed by atoms with van der Waals surface area (Å²) in [5.74, 6) is -1.92. The summed E-state index contributed by atoms with van der Waals surface area (Å²) < 4.78 is 0. The molecule has 9 N–H and O–H groups in total. The summed E-state index contributed by atoms with van der Waals surface area (Å²) in [5.41, 5.74) is 5.37. The van der Waals surface area contributed by atoms with E-state index in [-0.39, 0.29) is 25.3 Å². The number of aliphatic hydroxyl groups is 2. The molecule has 0 aromatic heterocycles. The Balaban J connectivity index is 2.96. The molecule has 0 spiro atoms. The van der Waals surface area contributed by atoms with Gasteiger partial charge in [-0.3, -0.25) is 19.2 Å². The lowest BCUT2D eigenvalue weighted by atomic mass is 10.1. The smallest absolute Gasteiger partial charge is 0.240 e. The molecule has 1 saturated heterocycles. The number of nitrogens with one attached hydrogen (secondary N) is 5. The summed E-state index contributed by atoms with van der Waals surface area (Å²) in [4.78, 5) is 48.7. The molecule has 0 bridgehead atoms. The molecule has 0 aromatic carbocycles. The summed E-state index contributed by atoms with van der Waals surface area (Å²) in [6.07, 6.45) is 0.866. The third kappa shape index (κ3) is 9.59. The van der Waals surface area contributed by atoms with Crippen molar-refractivity contribution in [1.29, 1.82) is 0 Å². The third-order valence-electron chi connectivity index (χ3n) is 5.22. The fraction of sp³-hybridized carbons (Fsp3) is 0.789. The Hall–Kier alpha value is -2.28. The van der Waals surface area contributed by atoms with Crippen LogP contribution in [-0.4, -0.2) is 90.9 Å². The Morgan fingerprint density at radius 1 is 1.19 bits per heavy atom. The molecule has 0 aromatic rings. The fourth-order valence-electron chi connectivity index (χ4n) is 3.16. The number of aliphatic hydroxyl groups excluding tert-OH is 2. The summed E-state index contributed by atoms with van der Waals surface area (Å²) in [6, 6.07) is -3.37. The van der Waals surface area contributed by atoms with Gasteiger partial charge in [-0.15, -0.1) is 0 Å². The minimum atomic E-state index is -1.06. The molecule has 12 nitrogen and oxygen atoms in total. The molecule has 0 aliphatic carbocycles. The van der Waals surface area contributed by atoms with Gasteiger partial charge >= 0.3 is 0 Å². The number of hydrogen-bond acceptors (Lipinski definition) is 8. The van der Waals surface area contributed by atoms with E-state index >= 15 is 0 Å². The molecule has 31 heavy (non-hydrogen) atoms. The van der Waals surface area contributed by atoms with Crippen molar-refractivity contribution in [3.8, 4) is 0 Å². The number of carbonyl (C=O) groups excluding carboxylic acids is 4. The SMILES string of the molecule is CNC1CCC(=O)NCCCCC(C(N)=O)NC(=O)C(CO)NCC(C(C)O)NC1=O. The maximum atomic E-state index is 12.6. The molecule has 1 aliphatic rings. The molecule has 1 fully saturated rings. The first-order valence-electron chi connectivity index (χ1n) is 10.6. The Bertz CT molecular complexity index is 617. The predicted octanol–water partition coefficient (Wildman–Crippen LogP) is -3.56. The van der Waals surface area contributed by atoms with E-state index in [4.69, 9.17) is 5.73 Å². The zero-order chi connectivity index (χ0) is 23.4. The molecule has 5 atom stereocenters. The maximum Gasteiger partial charge on any atom is 0.240 e.